The van der Waals surface area contributed by atoms with E-state index in [1.807, 2.05) is 29.2 Å². The molecule has 2 aromatic carbocycles. The maximum absolute atomic E-state index is 13.5. The first-order valence-electron chi connectivity index (χ1n) is 10.6. The van der Waals surface area contributed by atoms with Crippen LogP contribution in [0.1, 0.15) is 38.2 Å². The molecule has 0 bridgehead atoms. The van der Waals surface area contributed by atoms with Gasteiger partial charge in [0, 0.05) is 19.6 Å². The summed E-state index contributed by atoms with van der Waals surface area (Å²) in [7, 11) is -4.06. The molecule has 0 radical (unpaired) electrons. The first kappa shape index (κ1) is 24.0. The van der Waals surface area contributed by atoms with Crippen molar-refractivity contribution in [1.29, 1.82) is 0 Å². The molecule has 1 aliphatic rings. The van der Waals surface area contributed by atoms with E-state index in [1.165, 1.54) is 17.7 Å². The molecule has 172 valence electrons. The van der Waals surface area contributed by atoms with E-state index in [2.05, 4.69) is 20.4 Å². The number of carbonyl (C=O) groups is 1. The quantitative estimate of drug-likeness (QED) is 0.354. The Morgan fingerprint density at radius 3 is 2.12 bits per heavy atom. The first-order chi connectivity index (χ1) is 15.2. The summed E-state index contributed by atoms with van der Waals surface area (Å²) in [6, 6.07) is 13.8. The Hall–Kier alpha value is -2.68. The fraction of sp³-hybridized carbons (Fsp3) is 0.375. The number of piperidine rings is 1. The molecule has 3 rings (SSSR count). The van der Waals surface area contributed by atoms with Crippen LogP contribution in [0.25, 0.3) is 0 Å². The third kappa shape index (κ3) is 4.72. The molecule has 0 unspecified atom stereocenters. The van der Waals surface area contributed by atoms with E-state index in [9.17, 15) is 18.4 Å². The van der Waals surface area contributed by atoms with Gasteiger partial charge in [0.15, 0.2) is 14.6 Å². The second-order valence-electron chi connectivity index (χ2n) is 8.33. The van der Waals surface area contributed by atoms with Crippen molar-refractivity contribution in [3.05, 3.63) is 66.7 Å². The molecule has 2 aromatic rings. The number of amides is 1. The van der Waals surface area contributed by atoms with Crippen molar-refractivity contribution < 1.29 is 23.2 Å². The molecule has 1 amide bonds. The Morgan fingerprint density at radius 2 is 1.66 bits per heavy atom. The Morgan fingerprint density at radius 1 is 1.12 bits per heavy atom. The predicted octanol–water partition coefficient (Wildman–Crippen LogP) is 3.90. The summed E-state index contributed by atoms with van der Waals surface area (Å²) in [5, 5.41) is 9.28. The summed E-state index contributed by atoms with van der Waals surface area (Å²) in [5.74, 6) is 0.653. The van der Waals surface area contributed by atoms with Crippen LogP contribution in [0.15, 0.2) is 66.1 Å². The van der Waals surface area contributed by atoms with Crippen LogP contribution in [-0.2, 0) is 14.6 Å². The van der Waals surface area contributed by atoms with Crippen LogP contribution in [0.2, 0.25) is 0 Å². The molecule has 1 heterocycles. The molecule has 0 atom stereocenters. The van der Waals surface area contributed by atoms with Gasteiger partial charge in [-0.3, -0.25) is 14.9 Å². The summed E-state index contributed by atoms with van der Waals surface area (Å²) in [6.45, 7) is 9.35. The van der Waals surface area contributed by atoms with E-state index in [4.69, 9.17) is 4.74 Å². The van der Waals surface area contributed by atoms with Gasteiger partial charge in [-0.1, -0.05) is 32.1 Å². The zero-order valence-corrected chi connectivity index (χ0v) is 19.3. The number of rotatable bonds is 8. The monoisotopic (exact) mass is 458 g/mol. The number of nitrogens with zero attached hydrogens (tertiary/aromatic N) is 1. The number of benzene rings is 2. The van der Waals surface area contributed by atoms with Crippen molar-refractivity contribution in [2.75, 3.05) is 19.6 Å². The van der Waals surface area contributed by atoms with Crippen molar-refractivity contribution in [2.24, 2.45) is 0 Å². The molecule has 8 heteroatoms. The average Bonchev–Trinajstić information content (AvgIpc) is 2.80. The van der Waals surface area contributed by atoms with Gasteiger partial charge in [-0.05, 0) is 60.7 Å². The standard InChI is InChI=1S/C24H30N2O5S/c1-4-15-26-16-13-24(14-17-26,23(27)25-28)32(29,30)22-11-9-21(10-12-22)31-20-7-5-19(6-8-20)18(2)3/h4-12,18,28H,1,13-17H2,2-3H3,(H,25,27). The third-order valence-electron chi connectivity index (χ3n) is 6.00. The minimum absolute atomic E-state index is 0.0146. The van der Waals surface area contributed by atoms with Crippen molar-refractivity contribution in [1.82, 2.24) is 10.4 Å². The van der Waals surface area contributed by atoms with E-state index in [0.717, 1.165) is 0 Å². The molecule has 0 aromatic heterocycles. The maximum Gasteiger partial charge on any atom is 0.265 e. The van der Waals surface area contributed by atoms with Crippen molar-refractivity contribution in [3.8, 4) is 11.5 Å². The van der Waals surface area contributed by atoms with Crippen LogP contribution >= 0.6 is 0 Å². The lowest BCUT2D eigenvalue weighted by Gasteiger charge is -2.39. The second kappa shape index (κ2) is 9.85. The number of sulfone groups is 1. The molecule has 0 saturated carbocycles. The van der Waals surface area contributed by atoms with Gasteiger partial charge in [0.05, 0.1) is 4.90 Å². The molecule has 1 saturated heterocycles. The smallest absolute Gasteiger partial charge is 0.265 e. The highest BCUT2D eigenvalue weighted by Crippen LogP contribution is 2.37. The largest absolute Gasteiger partial charge is 0.457 e. The fourth-order valence-electron chi connectivity index (χ4n) is 3.97. The lowest BCUT2D eigenvalue weighted by Crippen LogP contribution is -2.57. The number of hydrogen-bond acceptors (Lipinski definition) is 6. The minimum atomic E-state index is -4.06. The molecule has 1 fully saturated rings. The van der Waals surface area contributed by atoms with E-state index in [0.29, 0.717) is 37.1 Å². The Bertz CT molecular complexity index is 1040. The number of nitrogens with one attached hydrogen (secondary N) is 1. The minimum Gasteiger partial charge on any atom is -0.457 e. The van der Waals surface area contributed by atoms with Gasteiger partial charge in [0.2, 0.25) is 0 Å². The van der Waals surface area contributed by atoms with Gasteiger partial charge in [-0.2, -0.15) is 0 Å². The maximum atomic E-state index is 13.5. The number of carbonyl (C=O) groups excluding carboxylic acids is 1. The molecular weight excluding hydrogens is 428 g/mol. The second-order valence-corrected chi connectivity index (χ2v) is 10.6. The molecule has 1 aliphatic heterocycles. The lowest BCUT2D eigenvalue weighted by atomic mass is 9.95. The normalized spacial score (nSPS) is 16.5. The van der Waals surface area contributed by atoms with Crippen LogP contribution < -0.4 is 10.2 Å². The van der Waals surface area contributed by atoms with E-state index in [-0.39, 0.29) is 17.7 Å². The van der Waals surface area contributed by atoms with Crippen molar-refractivity contribution >= 4 is 15.7 Å². The highest BCUT2D eigenvalue weighted by Gasteiger charge is 2.52. The van der Waals surface area contributed by atoms with Gasteiger partial charge in [-0.15, -0.1) is 6.58 Å². The Labute approximate surface area is 189 Å². The zero-order chi connectivity index (χ0) is 23.4. The Kier molecular flexibility index (Phi) is 7.38. The summed E-state index contributed by atoms with van der Waals surface area (Å²) in [6.07, 6.45) is 1.90. The third-order valence-corrected chi connectivity index (χ3v) is 8.51. The van der Waals surface area contributed by atoms with Gasteiger partial charge >= 0.3 is 0 Å². The lowest BCUT2D eigenvalue weighted by molar-refractivity contribution is -0.133. The average molecular weight is 459 g/mol. The van der Waals surface area contributed by atoms with Crippen LogP contribution in [0.5, 0.6) is 11.5 Å². The van der Waals surface area contributed by atoms with Crippen LogP contribution in [0, 0.1) is 0 Å². The van der Waals surface area contributed by atoms with Crippen LogP contribution in [0.3, 0.4) is 0 Å². The summed E-state index contributed by atoms with van der Waals surface area (Å²) in [4.78, 5) is 14.6. The Balaban J connectivity index is 1.82. The first-order valence-corrected chi connectivity index (χ1v) is 12.1. The molecule has 0 spiro atoms. The highest BCUT2D eigenvalue weighted by atomic mass is 32.2. The number of likely N-dealkylation sites (tertiary alicyclic amines) is 1. The fourth-order valence-corrected chi connectivity index (χ4v) is 5.92. The molecule has 32 heavy (non-hydrogen) atoms. The van der Waals surface area contributed by atoms with E-state index >= 15 is 0 Å². The van der Waals surface area contributed by atoms with Gasteiger partial charge in [0.1, 0.15) is 11.5 Å². The predicted molar refractivity (Wildman–Crippen MR) is 123 cm³/mol. The van der Waals surface area contributed by atoms with Crippen molar-refractivity contribution in [2.45, 2.75) is 42.2 Å². The highest BCUT2D eigenvalue weighted by molar-refractivity contribution is 7.93. The summed E-state index contributed by atoms with van der Waals surface area (Å²) >= 11 is 0. The molecule has 7 nitrogen and oxygen atoms in total. The summed E-state index contributed by atoms with van der Waals surface area (Å²) < 4.78 is 31.1. The zero-order valence-electron chi connectivity index (χ0n) is 18.5. The number of hydrogen-bond donors (Lipinski definition) is 2. The molecule has 2 N–H and O–H groups in total. The topological polar surface area (TPSA) is 95.9 Å². The van der Waals surface area contributed by atoms with Crippen LogP contribution in [0.4, 0.5) is 0 Å². The van der Waals surface area contributed by atoms with E-state index in [1.54, 1.807) is 23.7 Å². The van der Waals surface area contributed by atoms with Gasteiger partial charge in [0.25, 0.3) is 5.91 Å². The SMILES string of the molecule is C=CCN1CCC(C(=O)NO)(S(=O)(=O)c2ccc(Oc3ccc(C(C)C)cc3)cc2)CC1. The number of hydroxylamine groups is 1. The molecular formula is C24H30N2O5S. The van der Waals surface area contributed by atoms with Gasteiger partial charge < -0.3 is 4.74 Å². The van der Waals surface area contributed by atoms with E-state index < -0.39 is 20.5 Å². The summed E-state index contributed by atoms with van der Waals surface area (Å²) in [5.41, 5.74) is 2.77. The van der Waals surface area contributed by atoms with Gasteiger partial charge in [-0.25, -0.2) is 13.9 Å². The van der Waals surface area contributed by atoms with Crippen LogP contribution in [-0.4, -0.2) is 48.8 Å². The van der Waals surface area contributed by atoms with Crippen molar-refractivity contribution in [3.63, 3.8) is 0 Å². The number of ether oxygens (including phenoxy) is 1. The molecule has 0 aliphatic carbocycles.